The van der Waals surface area contributed by atoms with Crippen LogP contribution in [0.25, 0.3) is 42.3 Å². The molecule has 27 heavy (non-hydrogen) atoms. The molecule has 2 heterocycles. The Morgan fingerprint density at radius 1 is 0.778 bits per heavy atom. The van der Waals surface area contributed by atoms with Crippen molar-refractivity contribution in [3.63, 3.8) is 0 Å². The van der Waals surface area contributed by atoms with Gasteiger partial charge in [-0.2, -0.15) is 0 Å². The zero-order valence-corrected chi connectivity index (χ0v) is 16.0. The van der Waals surface area contributed by atoms with Crippen LogP contribution in [0.2, 0.25) is 0 Å². The topological polar surface area (TPSA) is 41.8 Å². The number of aromatic nitrogens is 1. The summed E-state index contributed by atoms with van der Waals surface area (Å²) in [7, 11) is 0. The molecule has 2 nitrogen and oxygen atoms in total. The highest BCUT2D eigenvalue weighted by atomic mass is 32.1. The number of H-pyrrole nitrogens is 1. The summed E-state index contributed by atoms with van der Waals surface area (Å²) in [6.45, 7) is 0.755. The van der Waals surface area contributed by atoms with Crippen molar-refractivity contribution >= 4 is 42.4 Å². The number of para-hydroxylation sites is 1. The van der Waals surface area contributed by atoms with Gasteiger partial charge in [-0.1, -0.05) is 42.5 Å². The van der Waals surface area contributed by atoms with E-state index in [1.54, 1.807) is 0 Å². The second kappa shape index (κ2) is 6.84. The minimum atomic E-state index is 0.755. The number of hydrogen-bond acceptors (Lipinski definition) is 2. The molecule has 0 unspecified atom stereocenters. The number of rotatable bonds is 5. The van der Waals surface area contributed by atoms with Crippen molar-refractivity contribution in [1.29, 1.82) is 0 Å². The molecule has 2 aromatic heterocycles. The van der Waals surface area contributed by atoms with Crippen molar-refractivity contribution in [2.24, 2.45) is 5.73 Å². The fraction of sp³-hybridized carbons (Fsp3) is 0.167. The number of nitrogens with two attached hydrogens (primary N) is 1. The maximum atomic E-state index is 5.73. The van der Waals surface area contributed by atoms with E-state index in [0.717, 1.165) is 25.8 Å². The van der Waals surface area contributed by atoms with Gasteiger partial charge >= 0.3 is 0 Å². The summed E-state index contributed by atoms with van der Waals surface area (Å²) < 4.78 is 2.70. The third-order valence-electron chi connectivity index (χ3n) is 5.36. The Labute approximate surface area is 162 Å². The van der Waals surface area contributed by atoms with Crippen molar-refractivity contribution in [3.05, 3.63) is 72.3 Å². The first kappa shape index (κ1) is 16.5. The van der Waals surface area contributed by atoms with E-state index in [1.165, 1.54) is 47.9 Å². The minimum Gasteiger partial charge on any atom is -0.354 e. The molecule has 0 saturated heterocycles. The van der Waals surface area contributed by atoms with Crippen molar-refractivity contribution in [2.45, 2.75) is 19.3 Å². The number of benzene rings is 3. The zero-order chi connectivity index (χ0) is 18.2. The molecular weight excluding hydrogens is 348 g/mol. The second-order valence-electron chi connectivity index (χ2n) is 7.08. The molecule has 3 heteroatoms. The van der Waals surface area contributed by atoms with Crippen LogP contribution in [-0.4, -0.2) is 11.5 Å². The molecule has 3 aromatic carbocycles. The van der Waals surface area contributed by atoms with Crippen molar-refractivity contribution in [3.8, 4) is 11.3 Å². The third kappa shape index (κ3) is 2.84. The number of fused-ring (bicyclic) bond motifs is 4. The van der Waals surface area contributed by atoms with Gasteiger partial charge in [0.2, 0.25) is 0 Å². The molecule has 134 valence electrons. The average Bonchev–Trinajstić information content (AvgIpc) is 3.26. The first-order chi connectivity index (χ1) is 13.3. The van der Waals surface area contributed by atoms with E-state index in [-0.39, 0.29) is 0 Å². The number of unbranched alkanes of at least 4 members (excludes halogenated alkanes) is 1. The average molecular weight is 371 g/mol. The Hall–Kier alpha value is -2.62. The van der Waals surface area contributed by atoms with E-state index in [4.69, 9.17) is 5.73 Å². The molecule has 0 atom stereocenters. The lowest BCUT2D eigenvalue weighted by atomic mass is 9.99. The normalized spacial score (nSPS) is 11.7. The van der Waals surface area contributed by atoms with Gasteiger partial charge in [0.1, 0.15) is 0 Å². The lowest BCUT2D eigenvalue weighted by Crippen LogP contribution is -1.99. The summed E-state index contributed by atoms with van der Waals surface area (Å²) in [5.74, 6) is 0. The molecule has 0 radical (unpaired) electrons. The van der Waals surface area contributed by atoms with E-state index in [9.17, 15) is 0 Å². The highest BCUT2D eigenvalue weighted by molar-refractivity contribution is 7.25. The second-order valence-corrected chi connectivity index (χ2v) is 8.16. The molecule has 0 fully saturated rings. The highest BCUT2D eigenvalue weighted by Gasteiger charge is 2.14. The molecule has 0 spiro atoms. The lowest BCUT2D eigenvalue weighted by molar-refractivity contribution is 0.748. The van der Waals surface area contributed by atoms with Crippen LogP contribution in [0, 0.1) is 0 Å². The van der Waals surface area contributed by atoms with Gasteiger partial charge < -0.3 is 10.7 Å². The summed E-state index contributed by atoms with van der Waals surface area (Å²) in [5.41, 5.74) is 10.9. The fourth-order valence-electron chi connectivity index (χ4n) is 4.03. The summed E-state index contributed by atoms with van der Waals surface area (Å²) >= 11 is 1.87. The largest absolute Gasteiger partial charge is 0.354 e. The summed E-state index contributed by atoms with van der Waals surface area (Å²) in [4.78, 5) is 3.68. The maximum Gasteiger partial charge on any atom is 0.0497 e. The van der Waals surface area contributed by atoms with E-state index in [0.29, 0.717) is 0 Å². The van der Waals surface area contributed by atoms with Gasteiger partial charge in [-0.15, -0.1) is 11.3 Å². The van der Waals surface area contributed by atoms with Crippen LogP contribution in [-0.2, 0) is 6.42 Å². The Morgan fingerprint density at radius 3 is 2.44 bits per heavy atom. The van der Waals surface area contributed by atoms with E-state index < -0.39 is 0 Å². The predicted molar refractivity (Wildman–Crippen MR) is 119 cm³/mol. The van der Waals surface area contributed by atoms with Gasteiger partial charge in [-0.25, -0.2) is 0 Å². The van der Waals surface area contributed by atoms with Gasteiger partial charge in [0, 0.05) is 36.8 Å². The Morgan fingerprint density at radius 2 is 1.56 bits per heavy atom. The van der Waals surface area contributed by atoms with Crippen LogP contribution in [0.4, 0.5) is 0 Å². The molecular formula is C24H22N2S. The van der Waals surface area contributed by atoms with Gasteiger partial charge in [-0.05, 0) is 61.2 Å². The molecule has 0 aliphatic heterocycles. The fourth-order valence-corrected chi connectivity index (χ4v) is 5.12. The number of nitrogens with one attached hydrogen (secondary N) is 1. The van der Waals surface area contributed by atoms with Gasteiger partial charge in [0.05, 0.1) is 0 Å². The van der Waals surface area contributed by atoms with Crippen molar-refractivity contribution < 1.29 is 0 Å². The predicted octanol–water partition coefficient (Wildman–Crippen LogP) is 6.48. The zero-order valence-electron chi connectivity index (χ0n) is 15.2. The molecule has 0 bridgehead atoms. The number of aryl methyl sites for hydroxylation is 1. The molecule has 0 saturated carbocycles. The number of thiophene rings is 1. The quantitative estimate of drug-likeness (QED) is 0.341. The van der Waals surface area contributed by atoms with Crippen molar-refractivity contribution in [1.82, 2.24) is 4.98 Å². The molecule has 0 amide bonds. The first-order valence-electron chi connectivity index (χ1n) is 9.56. The standard InChI is InChI=1S/C24H22N2S/c25-14-6-5-9-19-17-7-1-3-10-21(17)26-24(19)16-12-13-23-20(15-16)18-8-2-4-11-22(18)27-23/h1-4,7-8,10-13,15,26H,5-6,9,14,25H2. The van der Waals surface area contributed by atoms with Crippen LogP contribution in [0.1, 0.15) is 18.4 Å². The summed E-state index contributed by atoms with van der Waals surface area (Å²) in [6.07, 6.45) is 3.24. The van der Waals surface area contributed by atoms with Gasteiger partial charge in [0.25, 0.3) is 0 Å². The monoisotopic (exact) mass is 370 g/mol. The van der Waals surface area contributed by atoms with Gasteiger partial charge in [-0.3, -0.25) is 0 Å². The molecule has 0 aliphatic carbocycles. The lowest BCUT2D eigenvalue weighted by Gasteiger charge is -2.06. The van der Waals surface area contributed by atoms with Crippen LogP contribution >= 0.6 is 11.3 Å². The van der Waals surface area contributed by atoms with Crippen molar-refractivity contribution in [2.75, 3.05) is 6.54 Å². The smallest absolute Gasteiger partial charge is 0.0497 e. The number of hydrogen-bond donors (Lipinski definition) is 2. The molecule has 5 aromatic rings. The van der Waals surface area contributed by atoms with Crippen LogP contribution in [0.3, 0.4) is 0 Å². The Kier molecular flexibility index (Phi) is 4.19. The summed E-state index contributed by atoms with van der Waals surface area (Å²) in [6, 6.07) is 24.2. The van der Waals surface area contributed by atoms with Crippen LogP contribution in [0.5, 0.6) is 0 Å². The molecule has 3 N–H and O–H groups in total. The summed E-state index contributed by atoms with van der Waals surface area (Å²) in [5, 5.41) is 4.03. The SMILES string of the molecule is NCCCCc1c(-c2ccc3sc4ccccc4c3c2)[nH]c2ccccc12. The third-order valence-corrected chi connectivity index (χ3v) is 6.51. The Bertz CT molecular complexity index is 1250. The van der Waals surface area contributed by atoms with Crippen LogP contribution in [0.15, 0.2) is 66.7 Å². The minimum absolute atomic E-state index is 0.755. The van der Waals surface area contributed by atoms with E-state index in [2.05, 4.69) is 71.7 Å². The first-order valence-corrected chi connectivity index (χ1v) is 10.4. The molecule has 0 aliphatic rings. The van der Waals surface area contributed by atoms with E-state index in [1.807, 2.05) is 11.3 Å². The van der Waals surface area contributed by atoms with E-state index >= 15 is 0 Å². The Balaban J connectivity index is 1.70. The van der Waals surface area contributed by atoms with Gasteiger partial charge in [0.15, 0.2) is 0 Å². The number of aromatic amines is 1. The molecule has 5 rings (SSSR count). The van der Waals surface area contributed by atoms with Crippen LogP contribution < -0.4 is 5.73 Å². The highest BCUT2D eigenvalue weighted by Crippen LogP contribution is 2.38. The maximum absolute atomic E-state index is 5.73.